The average Bonchev–Trinajstić information content (AvgIpc) is 2.90. The highest BCUT2D eigenvalue weighted by Gasteiger charge is 2.23. The molecule has 0 bridgehead atoms. The van der Waals surface area contributed by atoms with Crippen LogP contribution < -0.4 is 15.8 Å². The number of carbonyl (C=O) groups excluding carboxylic acids is 1. The Kier molecular flexibility index (Phi) is 7.48. The Morgan fingerprint density at radius 1 is 1.36 bits per heavy atom. The fraction of sp³-hybridized carbons (Fsp3) is 0.381. The van der Waals surface area contributed by atoms with Crippen LogP contribution in [0.1, 0.15) is 22.8 Å². The van der Waals surface area contributed by atoms with Crippen LogP contribution in [0.25, 0.3) is 0 Å². The highest BCUT2D eigenvalue weighted by atomic mass is 35.5. The summed E-state index contributed by atoms with van der Waals surface area (Å²) in [5.74, 6) is 2.21. The van der Waals surface area contributed by atoms with E-state index in [0.29, 0.717) is 28.6 Å². The van der Waals surface area contributed by atoms with Gasteiger partial charge in [0, 0.05) is 37.2 Å². The van der Waals surface area contributed by atoms with E-state index in [9.17, 15) is 4.79 Å². The number of hydrogen-bond donors (Lipinski definition) is 2. The van der Waals surface area contributed by atoms with Crippen LogP contribution in [-0.2, 0) is 6.54 Å². The van der Waals surface area contributed by atoms with E-state index >= 15 is 0 Å². The van der Waals surface area contributed by atoms with Crippen molar-refractivity contribution >= 4 is 35.0 Å². The molecular weight excluding hydrogens is 394 g/mol. The van der Waals surface area contributed by atoms with Crippen molar-refractivity contribution in [1.82, 2.24) is 10.2 Å². The molecule has 1 atom stereocenters. The molecule has 0 aliphatic carbocycles. The quantitative estimate of drug-likeness (QED) is 0.699. The summed E-state index contributed by atoms with van der Waals surface area (Å²) in [6.07, 6.45) is 0. The molecule has 0 aromatic heterocycles. The number of thioether (sulfide) groups is 1. The van der Waals surface area contributed by atoms with Gasteiger partial charge in [-0.25, -0.2) is 0 Å². The number of carbonyl (C=O) groups is 1. The van der Waals surface area contributed by atoms with Crippen LogP contribution in [0, 0.1) is 0 Å². The molecule has 1 aliphatic rings. The standard InChI is InChI=1S/C21H26ClN3O2S/c1-2-27-20-11-19(23)18(22)10-17(20)21(26)24-16-13-25(8-9-28-14-16)12-15-6-4-3-5-7-15/h3-7,10-11,16H,2,8-9,12-14,23H2,1H3,(H,24,26). The maximum absolute atomic E-state index is 12.9. The first-order valence-corrected chi connectivity index (χ1v) is 11.0. The van der Waals surface area contributed by atoms with Gasteiger partial charge in [0.05, 0.1) is 28.9 Å². The number of ether oxygens (including phenoxy) is 1. The minimum absolute atomic E-state index is 0.0505. The number of nitrogens with one attached hydrogen (secondary N) is 1. The summed E-state index contributed by atoms with van der Waals surface area (Å²) in [7, 11) is 0. The third kappa shape index (κ3) is 5.56. The number of nitrogens with zero attached hydrogens (tertiary/aromatic N) is 1. The number of hydrogen-bond acceptors (Lipinski definition) is 5. The van der Waals surface area contributed by atoms with Gasteiger partial charge in [0.25, 0.3) is 5.91 Å². The summed E-state index contributed by atoms with van der Waals surface area (Å²) in [4.78, 5) is 15.3. The largest absolute Gasteiger partial charge is 0.493 e. The molecule has 1 unspecified atom stereocenters. The fourth-order valence-electron chi connectivity index (χ4n) is 3.23. The Morgan fingerprint density at radius 2 is 2.14 bits per heavy atom. The van der Waals surface area contributed by atoms with E-state index in [1.165, 1.54) is 5.56 Å². The van der Waals surface area contributed by atoms with Crippen molar-refractivity contribution in [2.24, 2.45) is 0 Å². The number of amides is 1. The van der Waals surface area contributed by atoms with E-state index in [0.717, 1.165) is 31.1 Å². The van der Waals surface area contributed by atoms with Crippen LogP contribution in [-0.4, -0.2) is 48.1 Å². The monoisotopic (exact) mass is 419 g/mol. The Balaban J connectivity index is 1.69. The van der Waals surface area contributed by atoms with E-state index in [1.54, 1.807) is 12.1 Å². The SMILES string of the molecule is CCOc1cc(N)c(Cl)cc1C(=O)NC1CSCCN(Cc2ccccc2)C1. The van der Waals surface area contributed by atoms with Crippen LogP contribution in [0.4, 0.5) is 5.69 Å². The zero-order valence-corrected chi connectivity index (χ0v) is 17.6. The number of rotatable bonds is 6. The maximum Gasteiger partial charge on any atom is 0.255 e. The van der Waals surface area contributed by atoms with Gasteiger partial charge < -0.3 is 15.8 Å². The first-order chi connectivity index (χ1) is 13.6. The van der Waals surface area contributed by atoms with Crippen molar-refractivity contribution in [2.45, 2.75) is 19.5 Å². The van der Waals surface area contributed by atoms with Crippen molar-refractivity contribution in [3.63, 3.8) is 0 Å². The van der Waals surface area contributed by atoms with E-state index in [4.69, 9.17) is 22.1 Å². The molecule has 7 heteroatoms. The Hall–Kier alpha value is -1.89. The first kappa shape index (κ1) is 20.8. The fourth-order valence-corrected chi connectivity index (χ4v) is 4.42. The molecule has 0 spiro atoms. The maximum atomic E-state index is 12.9. The van der Waals surface area contributed by atoms with Crippen molar-refractivity contribution in [2.75, 3.05) is 36.9 Å². The molecule has 150 valence electrons. The summed E-state index contributed by atoms with van der Waals surface area (Å²) in [6.45, 7) is 5.01. The number of benzene rings is 2. The summed E-state index contributed by atoms with van der Waals surface area (Å²) < 4.78 is 5.59. The Bertz CT molecular complexity index is 804. The van der Waals surface area contributed by atoms with Crippen LogP contribution in [0.15, 0.2) is 42.5 Å². The van der Waals surface area contributed by atoms with Crippen molar-refractivity contribution in [1.29, 1.82) is 0 Å². The predicted molar refractivity (Wildman–Crippen MR) is 117 cm³/mol. The second-order valence-corrected chi connectivity index (χ2v) is 8.33. The smallest absolute Gasteiger partial charge is 0.255 e. The van der Waals surface area contributed by atoms with Gasteiger partial charge in [-0.15, -0.1) is 0 Å². The van der Waals surface area contributed by atoms with Gasteiger partial charge >= 0.3 is 0 Å². The van der Waals surface area contributed by atoms with E-state index < -0.39 is 0 Å². The summed E-state index contributed by atoms with van der Waals surface area (Å²) in [6, 6.07) is 13.7. The first-order valence-electron chi connectivity index (χ1n) is 9.43. The lowest BCUT2D eigenvalue weighted by atomic mass is 10.1. The van der Waals surface area contributed by atoms with Gasteiger partial charge in [-0.3, -0.25) is 9.69 Å². The lowest BCUT2D eigenvalue weighted by Gasteiger charge is -2.25. The highest BCUT2D eigenvalue weighted by Crippen LogP contribution is 2.29. The topological polar surface area (TPSA) is 67.6 Å². The third-order valence-electron chi connectivity index (χ3n) is 4.58. The number of halogens is 1. The normalized spacial score (nSPS) is 17.7. The van der Waals surface area contributed by atoms with Crippen LogP contribution in [0.2, 0.25) is 5.02 Å². The lowest BCUT2D eigenvalue weighted by molar-refractivity contribution is 0.0927. The minimum atomic E-state index is -0.183. The summed E-state index contributed by atoms with van der Waals surface area (Å²) in [5.41, 5.74) is 7.97. The average molecular weight is 420 g/mol. The molecule has 2 aromatic carbocycles. The molecule has 0 radical (unpaired) electrons. The molecule has 5 nitrogen and oxygen atoms in total. The Morgan fingerprint density at radius 3 is 2.89 bits per heavy atom. The zero-order valence-electron chi connectivity index (χ0n) is 16.0. The second kappa shape index (κ2) is 10.0. The van der Waals surface area contributed by atoms with E-state index in [-0.39, 0.29) is 11.9 Å². The van der Waals surface area contributed by atoms with Gasteiger partial charge in [-0.05, 0) is 18.6 Å². The van der Waals surface area contributed by atoms with Crippen LogP contribution in [0.3, 0.4) is 0 Å². The molecule has 1 fully saturated rings. The van der Waals surface area contributed by atoms with Gasteiger partial charge in [0.1, 0.15) is 5.75 Å². The van der Waals surface area contributed by atoms with Gasteiger partial charge in [0.2, 0.25) is 0 Å². The molecule has 1 heterocycles. The number of anilines is 1. The lowest BCUT2D eigenvalue weighted by Crippen LogP contribution is -2.44. The number of nitrogens with two attached hydrogens (primary N) is 1. The van der Waals surface area contributed by atoms with Crippen molar-refractivity contribution in [3.05, 3.63) is 58.6 Å². The Labute approximate surface area is 175 Å². The zero-order chi connectivity index (χ0) is 19.9. The molecule has 3 rings (SSSR count). The highest BCUT2D eigenvalue weighted by molar-refractivity contribution is 7.99. The number of nitrogen functional groups attached to an aromatic ring is 1. The third-order valence-corrected chi connectivity index (χ3v) is 6.01. The van der Waals surface area contributed by atoms with Crippen LogP contribution in [0.5, 0.6) is 5.75 Å². The van der Waals surface area contributed by atoms with E-state index in [2.05, 4.69) is 34.5 Å². The minimum Gasteiger partial charge on any atom is -0.493 e. The second-order valence-electron chi connectivity index (χ2n) is 6.77. The molecule has 28 heavy (non-hydrogen) atoms. The molecule has 1 aliphatic heterocycles. The van der Waals surface area contributed by atoms with Gasteiger partial charge in [-0.1, -0.05) is 41.9 Å². The molecule has 1 saturated heterocycles. The molecular formula is C21H26ClN3O2S. The summed E-state index contributed by atoms with van der Waals surface area (Å²) >= 11 is 8.00. The van der Waals surface area contributed by atoms with E-state index in [1.807, 2.05) is 24.8 Å². The predicted octanol–water partition coefficient (Wildman–Crippen LogP) is 3.67. The van der Waals surface area contributed by atoms with Crippen molar-refractivity contribution in [3.8, 4) is 5.75 Å². The van der Waals surface area contributed by atoms with Gasteiger partial charge in [0.15, 0.2) is 0 Å². The molecule has 2 aromatic rings. The summed E-state index contributed by atoms with van der Waals surface area (Å²) in [5, 5.41) is 3.51. The molecule has 0 saturated carbocycles. The molecule has 3 N–H and O–H groups in total. The van der Waals surface area contributed by atoms with Crippen molar-refractivity contribution < 1.29 is 9.53 Å². The van der Waals surface area contributed by atoms with Gasteiger partial charge in [-0.2, -0.15) is 11.8 Å². The van der Waals surface area contributed by atoms with Crippen LogP contribution >= 0.6 is 23.4 Å². The molecule has 1 amide bonds.